The van der Waals surface area contributed by atoms with Crippen LogP contribution in [-0.4, -0.2) is 12.1 Å². The van der Waals surface area contributed by atoms with E-state index in [9.17, 15) is 4.79 Å². The molecule has 1 unspecified atom stereocenters. The quantitative estimate of drug-likeness (QED) is 0.658. The molecule has 3 heteroatoms. The number of carbonyl (C=O) groups excluding carboxylic acids is 1. The van der Waals surface area contributed by atoms with Gasteiger partial charge in [-0.3, -0.25) is 4.79 Å². The fourth-order valence-electron chi connectivity index (χ4n) is 2.74. The Hall–Kier alpha value is -1.35. The van der Waals surface area contributed by atoms with Crippen molar-refractivity contribution in [2.24, 2.45) is 5.73 Å². The van der Waals surface area contributed by atoms with Crippen LogP contribution in [0.25, 0.3) is 0 Å². The van der Waals surface area contributed by atoms with Crippen LogP contribution in [0.1, 0.15) is 63.0 Å². The summed E-state index contributed by atoms with van der Waals surface area (Å²) in [5.74, 6) is -0.0942. The van der Waals surface area contributed by atoms with Crippen LogP contribution in [0.3, 0.4) is 0 Å². The Morgan fingerprint density at radius 2 is 1.80 bits per heavy atom. The Morgan fingerprint density at radius 3 is 2.45 bits per heavy atom. The molecule has 1 aliphatic carbocycles. The zero-order chi connectivity index (χ0) is 14.2. The Labute approximate surface area is 121 Å². The monoisotopic (exact) mass is 275 g/mol. The third-order valence-electron chi connectivity index (χ3n) is 3.99. The van der Waals surface area contributed by atoms with Crippen molar-refractivity contribution < 1.29 is 9.53 Å². The van der Waals surface area contributed by atoms with Gasteiger partial charge in [0, 0.05) is 12.5 Å². The zero-order valence-corrected chi connectivity index (χ0v) is 12.1. The van der Waals surface area contributed by atoms with Gasteiger partial charge in [0.05, 0.1) is 0 Å². The van der Waals surface area contributed by atoms with Crippen LogP contribution in [0.15, 0.2) is 30.3 Å². The van der Waals surface area contributed by atoms with Crippen molar-refractivity contribution in [3.05, 3.63) is 35.9 Å². The Balaban J connectivity index is 1.71. The van der Waals surface area contributed by atoms with Gasteiger partial charge in [0.15, 0.2) is 0 Å². The molecule has 0 bridgehead atoms. The maximum Gasteiger partial charge on any atom is 0.306 e. The van der Waals surface area contributed by atoms with Crippen molar-refractivity contribution in [3.63, 3.8) is 0 Å². The lowest BCUT2D eigenvalue weighted by molar-refractivity contribution is -0.149. The highest BCUT2D eigenvalue weighted by atomic mass is 16.5. The minimum atomic E-state index is -0.0942. The van der Waals surface area contributed by atoms with E-state index < -0.39 is 0 Å². The largest absolute Gasteiger partial charge is 0.462 e. The summed E-state index contributed by atoms with van der Waals surface area (Å²) in [6.45, 7) is 0. The van der Waals surface area contributed by atoms with E-state index in [0.717, 1.165) is 18.4 Å². The number of benzene rings is 1. The molecule has 0 radical (unpaired) electrons. The Bertz CT molecular complexity index is 397. The van der Waals surface area contributed by atoms with Crippen molar-refractivity contribution in [2.75, 3.05) is 0 Å². The first-order valence-corrected chi connectivity index (χ1v) is 7.75. The lowest BCUT2D eigenvalue weighted by atomic mass is 10.0. The number of nitrogens with two attached hydrogens (primary N) is 1. The average molecular weight is 275 g/mol. The van der Waals surface area contributed by atoms with Crippen molar-refractivity contribution in [3.8, 4) is 0 Å². The zero-order valence-electron chi connectivity index (χ0n) is 12.1. The molecule has 2 N–H and O–H groups in total. The van der Waals surface area contributed by atoms with E-state index in [4.69, 9.17) is 10.5 Å². The first-order chi connectivity index (χ1) is 9.75. The molecule has 0 aromatic heterocycles. The summed E-state index contributed by atoms with van der Waals surface area (Å²) in [5, 5.41) is 0. The van der Waals surface area contributed by atoms with Crippen LogP contribution >= 0.6 is 0 Å². The van der Waals surface area contributed by atoms with E-state index in [1.165, 1.54) is 25.7 Å². The Kier molecular flexibility index (Phi) is 6.06. The lowest BCUT2D eigenvalue weighted by Crippen LogP contribution is -2.19. The molecule has 2 rings (SSSR count). The molecule has 1 aromatic rings. The van der Waals surface area contributed by atoms with Gasteiger partial charge in [-0.15, -0.1) is 0 Å². The van der Waals surface area contributed by atoms with Crippen molar-refractivity contribution in [2.45, 2.75) is 63.5 Å². The average Bonchev–Trinajstić information content (AvgIpc) is 2.74. The molecule has 1 fully saturated rings. The first-order valence-electron chi connectivity index (χ1n) is 7.75. The van der Waals surface area contributed by atoms with Crippen LogP contribution in [0.2, 0.25) is 0 Å². The minimum absolute atomic E-state index is 0.0853. The fraction of sp³-hybridized carbons (Fsp3) is 0.588. The highest BCUT2D eigenvalue weighted by Gasteiger charge is 2.17. The van der Waals surface area contributed by atoms with Gasteiger partial charge in [0.25, 0.3) is 0 Å². The van der Waals surface area contributed by atoms with E-state index in [-0.39, 0.29) is 18.1 Å². The molecule has 0 aliphatic heterocycles. The number of hydrogen-bond acceptors (Lipinski definition) is 3. The molecule has 1 aromatic carbocycles. The highest BCUT2D eigenvalue weighted by molar-refractivity contribution is 5.69. The number of rotatable bonds is 5. The molecule has 0 saturated heterocycles. The highest BCUT2D eigenvalue weighted by Crippen LogP contribution is 2.21. The number of ether oxygens (including phenoxy) is 1. The number of esters is 1. The van der Waals surface area contributed by atoms with Crippen LogP contribution in [0.5, 0.6) is 0 Å². The molecule has 1 atom stereocenters. The summed E-state index contributed by atoms with van der Waals surface area (Å²) < 4.78 is 5.56. The van der Waals surface area contributed by atoms with Gasteiger partial charge in [-0.1, -0.05) is 43.2 Å². The standard InChI is InChI=1S/C17H25NO2/c18-16(14-8-4-3-5-9-14)12-13-17(19)20-15-10-6-1-2-7-11-15/h3-5,8-9,15-16H,1-2,6-7,10-13,18H2. The third kappa shape index (κ3) is 4.97. The molecule has 0 heterocycles. The molecule has 0 amide bonds. The predicted octanol–water partition coefficient (Wildman–Crippen LogP) is 3.73. The molecule has 1 aliphatic rings. The van der Waals surface area contributed by atoms with Crippen molar-refractivity contribution in [1.82, 2.24) is 0 Å². The fourth-order valence-corrected chi connectivity index (χ4v) is 2.74. The van der Waals surface area contributed by atoms with Crippen LogP contribution in [-0.2, 0) is 9.53 Å². The maximum atomic E-state index is 11.9. The van der Waals surface area contributed by atoms with E-state index >= 15 is 0 Å². The van der Waals surface area contributed by atoms with Gasteiger partial charge in [-0.05, 0) is 37.7 Å². The van der Waals surface area contributed by atoms with Crippen molar-refractivity contribution >= 4 is 5.97 Å². The molecule has 3 nitrogen and oxygen atoms in total. The summed E-state index contributed by atoms with van der Waals surface area (Å²) in [6.07, 6.45) is 8.15. The summed E-state index contributed by atoms with van der Waals surface area (Å²) >= 11 is 0. The minimum Gasteiger partial charge on any atom is -0.462 e. The number of hydrogen-bond donors (Lipinski definition) is 1. The second-order valence-electron chi connectivity index (χ2n) is 5.66. The van der Waals surface area contributed by atoms with Crippen molar-refractivity contribution in [1.29, 1.82) is 0 Å². The van der Waals surface area contributed by atoms with Gasteiger partial charge in [0.1, 0.15) is 6.10 Å². The molecule has 1 saturated carbocycles. The van der Waals surface area contributed by atoms with Gasteiger partial charge >= 0.3 is 5.97 Å². The summed E-state index contributed by atoms with van der Waals surface area (Å²) in [7, 11) is 0. The SMILES string of the molecule is NC(CCC(=O)OC1CCCCCC1)c1ccccc1. The predicted molar refractivity (Wildman–Crippen MR) is 80.2 cm³/mol. The van der Waals surface area contributed by atoms with E-state index in [0.29, 0.717) is 12.8 Å². The normalized spacial score (nSPS) is 18.2. The molecule has 20 heavy (non-hydrogen) atoms. The first kappa shape index (κ1) is 15.0. The maximum absolute atomic E-state index is 11.9. The van der Waals surface area contributed by atoms with Crippen LogP contribution in [0, 0.1) is 0 Å². The molecular formula is C17H25NO2. The molecule has 110 valence electrons. The van der Waals surface area contributed by atoms with Gasteiger partial charge in [0.2, 0.25) is 0 Å². The summed E-state index contributed by atoms with van der Waals surface area (Å²) in [4.78, 5) is 11.9. The van der Waals surface area contributed by atoms with E-state index in [1.54, 1.807) is 0 Å². The van der Waals surface area contributed by atoms with Crippen LogP contribution in [0.4, 0.5) is 0 Å². The van der Waals surface area contributed by atoms with Crippen LogP contribution < -0.4 is 5.73 Å². The smallest absolute Gasteiger partial charge is 0.306 e. The number of carbonyl (C=O) groups is 1. The Morgan fingerprint density at radius 1 is 1.15 bits per heavy atom. The van der Waals surface area contributed by atoms with E-state index in [1.807, 2.05) is 30.3 Å². The topological polar surface area (TPSA) is 52.3 Å². The van der Waals surface area contributed by atoms with E-state index in [2.05, 4.69) is 0 Å². The molecular weight excluding hydrogens is 250 g/mol. The second kappa shape index (κ2) is 8.05. The summed E-state index contributed by atoms with van der Waals surface area (Å²) in [6, 6.07) is 9.83. The lowest BCUT2D eigenvalue weighted by Gasteiger charge is -2.16. The van der Waals surface area contributed by atoms with Gasteiger partial charge in [-0.2, -0.15) is 0 Å². The second-order valence-corrected chi connectivity index (χ2v) is 5.66. The van der Waals surface area contributed by atoms with Gasteiger partial charge < -0.3 is 10.5 Å². The molecule has 0 spiro atoms. The third-order valence-corrected chi connectivity index (χ3v) is 3.99. The summed E-state index contributed by atoms with van der Waals surface area (Å²) in [5.41, 5.74) is 7.17. The van der Waals surface area contributed by atoms with Gasteiger partial charge in [-0.25, -0.2) is 0 Å².